The van der Waals surface area contributed by atoms with Gasteiger partial charge in [-0.25, -0.2) is 4.79 Å². The van der Waals surface area contributed by atoms with Crippen LogP contribution in [0.5, 0.6) is 5.75 Å². The Bertz CT molecular complexity index is 2320. The third-order valence-corrected chi connectivity index (χ3v) is 12.6. The Hall–Kier alpha value is -4.25. The van der Waals surface area contributed by atoms with Crippen molar-refractivity contribution in [3.63, 3.8) is 0 Å². The van der Waals surface area contributed by atoms with Crippen LogP contribution in [0.1, 0.15) is 63.4 Å². The molecule has 0 radical (unpaired) electrons. The zero-order valence-electron chi connectivity index (χ0n) is 33.1. The number of aromatic hydroxyl groups is 1. The topological polar surface area (TPSA) is 183 Å². The van der Waals surface area contributed by atoms with Crippen LogP contribution in [0.4, 0.5) is 10.5 Å². The van der Waals surface area contributed by atoms with Crippen LogP contribution in [0, 0.1) is 0 Å². The molecule has 1 amide bonds. The van der Waals surface area contributed by atoms with Crippen LogP contribution in [0.15, 0.2) is 113 Å². The fraction of sp³-hybridized carbons (Fsp3) is 0.341. The quantitative estimate of drug-likeness (QED) is 0.0442. The van der Waals surface area contributed by atoms with Gasteiger partial charge in [-0.1, -0.05) is 128 Å². The van der Waals surface area contributed by atoms with E-state index in [4.69, 9.17) is 37.0 Å². The highest BCUT2D eigenvalue weighted by molar-refractivity contribution is 7.86. The summed E-state index contributed by atoms with van der Waals surface area (Å²) in [7, 11) is -8.94. The zero-order chi connectivity index (χ0) is 43.1. The first-order valence-electron chi connectivity index (χ1n) is 19.9. The van der Waals surface area contributed by atoms with Gasteiger partial charge in [-0.2, -0.15) is 16.8 Å². The Kier molecular flexibility index (Phi) is 17.6. The molecule has 0 unspecified atom stereocenters. The van der Waals surface area contributed by atoms with Crippen LogP contribution in [0.3, 0.4) is 0 Å². The minimum atomic E-state index is -4.47. The Labute approximate surface area is 362 Å². The number of fused-ring (bicyclic) bond motifs is 1. The van der Waals surface area contributed by atoms with Gasteiger partial charge in [0.25, 0.3) is 20.2 Å². The molecule has 0 aliphatic carbocycles. The molecule has 12 nitrogen and oxygen atoms in total. The summed E-state index contributed by atoms with van der Waals surface area (Å²) in [4.78, 5) is 14.3. The number of piperidine rings is 1. The third kappa shape index (κ3) is 14.2. The molecule has 1 aliphatic heterocycles. The van der Waals surface area contributed by atoms with Crippen LogP contribution >= 0.6 is 23.2 Å². The fourth-order valence-corrected chi connectivity index (χ4v) is 9.07. The third-order valence-electron chi connectivity index (χ3n) is 10.2. The summed E-state index contributed by atoms with van der Waals surface area (Å²) in [5.41, 5.74) is 3.80. The van der Waals surface area contributed by atoms with Crippen molar-refractivity contribution in [2.75, 3.05) is 31.5 Å². The van der Waals surface area contributed by atoms with Crippen LogP contribution in [-0.2, 0) is 31.5 Å². The molecule has 5 N–H and O–H groups in total. The minimum Gasteiger partial charge on any atom is -0.505 e. The van der Waals surface area contributed by atoms with Crippen LogP contribution in [0.2, 0.25) is 10.0 Å². The number of halogens is 2. The average Bonchev–Trinajstić information content (AvgIpc) is 3.22. The van der Waals surface area contributed by atoms with E-state index in [-0.39, 0.29) is 28.7 Å². The maximum absolute atomic E-state index is 12.6. The summed E-state index contributed by atoms with van der Waals surface area (Å²) < 4.78 is 68.5. The highest BCUT2D eigenvalue weighted by Crippen LogP contribution is 2.33. The molecule has 0 aromatic heterocycles. The van der Waals surface area contributed by atoms with E-state index in [9.17, 15) is 26.7 Å². The number of likely N-dealkylation sites (tertiary alicyclic amines) is 1. The van der Waals surface area contributed by atoms with Crippen molar-refractivity contribution >= 4 is 66.0 Å². The molecule has 1 aliphatic rings. The number of benzene rings is 5. The Balaban J connectivity index is 0.000000315. The van der Waals surface area contributed by atoms with Crippen molar-refractivity contribution in [3.05, 3.63) is 119 Å². The van der Waals surface area contributed by atoms with E-state index in [2.05, 4.69) is 15.5 Å². The number of phenols is 1. The molecule has 0 spiro atoms. The number of carbonyl (C=O) groups excluding carboxylic acids is 1. The van der Waals surface area contributed by atoms with Gasteiger partial charge in [-0.15, -0.1) is 0 Å². The van der Waals surface area contributed by atoms with E-state index in [1.807, 2.05) is 54.6 Å². The largest absolute Gasteiger partial charge is 0.505 e. The van der Waals surface area contributed by atoms with E-state index in [0.717, 1.165) is 80.0 Å². The molecule has 6 rings (SSSR count). The predicted octanol–water partition coefficient (Wildman–Crippen LogP) is 10.2. The van der Waals surface area contributed by atoms with Crippen molar-refractivity contribution in [2.45, 2.75) is 80.2 Å². The summed E-state index contributed by atoms with van der Waals surface area (Å²) in [6, 6.07) is 28.9. The molecule has 16 heteroatoms. The SMILES string of the molecule is O=C(Nc1ccccc1-c1ccccc1)OC1CCN(CCCCCCCCCNCc2cc(Cl)c(O)c(Cl)c2)CC1.O=S(=O)(O)c1cccc2c(S(=O)(=O)O)cccc12. The monoisotopic (exact) mass is 899 g/mol. The standard InChI is InChI=1S/C34H43Cl2N3O3.C10H8O6S2/c35-30-23-26(24-31(36)33(30)40)25-37-19-11-4-2-1-3-5-12-20-39-21-17-28(18-22-39)42-34(41)38-32-16-10-9-15-29(32)27-13-7-6-8-14-27;11-17(12,13)9-5-1-3-7-8(9)4-2-6-10(7)18(14,15)16/h6-10,13-16,23-24,28,37,40H,1-5,11-12,17-22,25H2,(H,38,41);1-6H,(H,11,12,13)(H,14,15,16). The smallest absolute Gasteiger partial charge is 0.411 e. The first-order valence-corrected chi connectivity index (χ1v) is 23.5. The maximum atomic E-state index is 12.6. The second kappa shape index (κ2) is 22.6. The van der Waals surface area contributed by atoms with Crippen molar-refractivity contribution in [2.24, 2.45) is 0 Å². The Morgan fingerprint density at radius 1 is 0.700 bits per heavy atom. The van der Waals surface area contributed by atoms with E-state index in [1.54, 1.807) is 12.1 Å². The maximum Gasteiger partial charge on any atom is 0.411 e. The van der Waals surface area contributed by atoms with Crippen molar-refractivity contribution < 1.29 is 40.6 Å². The van der Waals surface area contributed by atoms with E-state index >= 15 is 0 Å². The van der Waals surface area contributed by atoms with E-state index in [1.165, 1.54) is 62.8 Å². The molecule has 0 saturated carbocycles. The first-order chi connectivity index (χ1) is 28.7. The normalized spacial score (nSPS) is 13.7. The summed E-state index contributed by atoms with van der Waals surface area (Å²) in [5, 5.41) is 16.7. The van der Waals surface area contributed by atoms with Gasteiger partial charge in [-0.05, 0) is 80.2 Å². The van der Waals surface area contributed by atoms with Gasteiger partial charge in [-0.3, -0.25) is 14.4 Å². The molecule has 60 heavy (non-hydrogen) atoms. The number of hydrogen-bond acceptors (Lipinski definition) is 9. The molecule has 1 heterocycles. The summed E-state index contributed by atoms with van der Waals surface area (Å²) >= 11 is 12.0. The number of unbranched alkanes of at least 4 members (excludes halogenated alkanes) is 6. The number of hydrogen-bond donors (Lipinski definition) is 5. The number of para-hydroxylation sites is 1. The minimum absolute atomic E-state index is 0.0233. The van der Waals surface area contributed by atoms with Gasteiger partial charge in [0.15, 0.2) is 5.75 Å². The van der Waals surface area contributed by atoms with Gasteiger partial charge in [0, 0.05) is 36.0 Å². The first kappa shape index (κ1) is 46.8. The molecule has 5 aromatic rings. The Morgan fingerprint density at radius 3 is 1.82 bits per heavy atom. The number of carbonyl (C=O) groups is 1. The van der Waals surface area contributed by atoms with Crippen molar-refractivity contribution in [3.8, 4) is 16.9 Å². The number of ether oxygens (including phenoxy) is 1. The van der Waals surface area contributed by atoms with Gasteiger partial charge in [0.1, 0.15) is 15.9 Å². The summed E-state index contributed by atoms with van der Waals surface area (Å²) in [6.07, 6.45) is 10.0. The molecule has 322 valence electrons. The van der Waals surface area contributed by atoms with Crippen LogP contribution in [0.25, 0.3) is 21.9 Å². The highest BCUT2D eigenvalue weighted by Gasteiger charge is 2.23. The van der Waals surface area contributed by atoms with Crippen LogP contribution in [-0.4, -0.2) is 74.3 Å². The predicted molar refractivity (Wildman–Crippen MR) is 237 cm³/mol. The molecular formula is C44H51Cl2N3O9S2. The summed E-state index contributed by atoms with van der Waals surface area (Å²) in [6.45, 7) is 4.73. The van der Waals surface area contributed by atoms with Crippen molar-refractivity contribution in [1.82, 2.24) is 10.2 Å². The van der Waals surface area contributed by atoms with Gasteiger partial charge < -0.3 is 20.1 Å². The van der Waals surface area contributed by atoms with E-state index < -0.39 is 30.0 Å². The van der Waals surface area contributed by atoms with Gasteiger partial charge >= 0.3 is 6.09 Å². The lowest BCUT2D eigenvalue weighted by Crippen LogP contribution is -2.38. The fourth-order valence-electron chi connectivity index (χ4n) is 7.13. The van der Waals surface area contributed by atoms with E-state index in [0.29, 0.717) is 16.6 Å². The number of nitrogens with one attached hydrogen (secondary N) is 2. The lowest BCUT2D eigenvalue weighted by molar-refractivity contribution is 0.0584. The lowest BCUT2D eigenvalue weighted by Gasteiger charge is -2.31. The number of nitrogens with zero attached hydrogens (tertiary/aromatic N) is 1. The molecule has 1 saturated heterocycles. The van der Waals surface area contributed by atoms with Crippen molar-refractivity contribution in [1.29, 1.82) is 0 Å². The number of rotatable bonds is 17. The second-order valence-electron chi connectivity index (χ2n) is 14.6. The lowest BCUT2D eigenvalue weighted by atomic mass is 10.0. The molecule has 0 atom stereocenters. The molecular weight excluding hydrogens is 850 g/mol. The molecule has 0 bridgehead atoms. The molecule has 1 fully saturated rings. The average molecular weight is 901 g/mol. The van der Waals surface area contributed by atoms with Gasteiger partial charge in [0.2, 0.25) is 0 Å². The highest BCUT2D eigenvalue weighted by atomic mass is 35.5. The number of anilines is 1. The second-order valence-corrected chi connectivity index (χ2v) is 18.2. The zero-order valence-corrected chi connectivity index (χ0v) is 36.2. The number of phenolic OH excluding ortho intramolecular Hbond substituents is 1. The molecule has 5 aromatic carbocycles. The Morgan fingerprint density at radius 2 is 1.23 bits per heavy atom. The van der Waals surface area contributed by atoms with Gasteiger partial charge in [0.05, 0.1) is 15.7 Å². The number of amides is 1. The van der Waals surface area contributed by atoms with Crippen LogP contribution < -0.4 is 10.6 Å². The summed E-state index contributed by atoms with van der Waals surface area (Å²) in [5.74, 6) is -0.0556.